The van der Waals surface area contributed by atoms with Crippen LogP contribution in [0.3, 0.4) is 0 Å². The van der Waals surface area contributed by atoms with Crippen LogP contribution in [-0.4, -0.2) is 20.7 Å². The molecule has 0 heterocycles. The number of hydrogen-bond donors (Lipinski definition) is 0. The number of benzene rings is 2. The van der Waals surface area contributed by atoms with Crippen molar-refractivity contribution in [1.82, 2.24) is 0 Å². The molecule has 3 nitrogen and oxygen atoms in total. The molecule has 2 rings (SSSR count). The van der Waals surface area contributed by atoms with E-state index >= 15 is 0 Å². The molecule has 0 amide bonds. The first-order valence-electron chi connectivity index (χ1n) is 6.84. The summed E-state index contributed by atoms with van der Waals surface area (Å²) < 4.78 is 26.6. The molecular formula is C17H19NO2S. The maximum Gasteiger partial charge on any atom is 0.235 e. The highest BCUT2D eigenvalue weighted by Gasteiger charge is 2.20. The minimum atomic E-state index is -3.37. The molecule has 2 aromatic rings. The summed E-state index contributed by atoms with van der Waals surface area (Å²) in [5.74, 6) is 0.0831. The van der Waals surface area contributed by atoms with E-state index in [1.165, 1.54) is 4.31 Å². The molecule has 0 aliphatic carbocycles. The van der Waals surface area contributed by atoms with Gasteiger partial charge in [-0.05, 0) is 24.1 Å². The Morgan fingerprint density at radius 1 is 0.952 bits per heavy atom. The highest BCUT2D eigenvalue weighted by Crippen LogP contribution is 2.18. The van der Waals surface area contributed by atoms with Crippen LogP contribution in [-0.2, 0) is 16.4 Å². The fraction of sp³-hybridized carbons (Fsp3) is 0.176. The molecule has 0 fully saturated rings. The van der Waals surface area contributed by atoms with Gasteiger partial charge in [0, 0.05) is 0 Å². The first-order chi connectivity index (χ1) is 10.1. The second-order valence-electron chi connectivity index (χ2n) is 4.71. The van der Waals surface area contributed by atoms with E-state index in [1.54, 1.807) is 18.2 Å². The van der Waals surface area contributed by atoms with Crippen LogP contribution >= 0.6 is 0 Å². The summed E-state index contributed by atoms with van der Waals surface area (Å²) in [5, 5.41) is 0. The van der Waals surface area contributed by atoms with E-state index in [0.29, 0.717) is 12.1 Å². The molecule has 0 spiro atoms. The van der Waals surface area contributed by atoms with Crippen LogP contribution < -0.4 is 4.31 Å². The summed E-state index contributed by atoms with van der Waals surface area (Å²) in [6.07, 6.45) is 2.11. The van der Waals surface area contributed by atoms with Crippen molar-refractivity contribution >= 4 is 15.7 Å². The Morgan fingerprint density at radius 2 is 1.52 bits per heavy atom. The van der Waals surface area contributed by atoms with Crippen molar-refractivity contribution in [1.29, 1.82) is 0 Å². The second-order valence-corrected chi connectivity index (χ2v) is 6.72. The molecule has 110 valence electrons. The third kappa shape index (κ3) is 4.20. The minimum Gasteiger partial charge on any atom is -0.266 e. The molecular weight excluding hydrogens is 282 g/mol. The van der Waals surface area contributed by atoms with Gasteiger partial charge in [-0.15, -0.1) is 6.58 Å². The van der Waals surface area contributed by atoms with Gasteiger partial charge in [0.2, 0.25) is 10.0 Å². The Labute approximate surface area is 126 Å². The first-order valence-corrected chi connectivity index (χ1v) is 8.44. The molecule has 0 unspecified atom stereocenters. The van der Waals surface area contributed by atoms with Gasteiger partial charge < -0.3 is 0 Å². The lowest BCUT2D eigenvalue weighted by Gasteiger charge is -2.23. The predicted octanol–water partition coefficient (Wildman–Crippen LogP) is 3.25. The van der Waals surface area contributed by atoms with Crippen LogP contribution in [0.5, 0.6) is 0 Å². The van der Waals surface area contributed by atoms with Gasteiger partial charge in [-0.1, -0.05) is 54.6 Å². The van der Waals surface area contributed by atoms with Crippen molar-refractivity contribution in [2.75, 3.05) is 16.6 Å². The zero-order chi connectivity index (χ0) is 15.1. The zero-order valence-electron chi connectivity index (χ0n) is 11.9. The molecule has 0 atom stereocenters. The Kier molecular flexibility index (Phi) is 5.17. The van der Waals surface area contributed by atoms with Gasteiger partial charge in [-0.3, -0.25) is 4.31 Å². The van der Waals surface area contributed by atoms with Gasteiger partial charge in [-0.2, -0.15) is 0 Å². The van der Waals surface area contributed by atoms with Gasteiger partial charge in [0.1, 0.15) is 0 Å². The standard InChI is InChI=1S/C17H19NO2S/c1-2-14-18(17-11-7-4-8-12-17)21(19,20)15-13-16-9-5-3-6-10-16/h2-12H,1,13-15H2. The molecule has 2 aromatic carbocycles. The molecule has 0 saturated carbocycles. The average Bonchev–Trinajstić information content (AvgIpc) is 2.52. The average molecular weight is 301 g/mol. The molecule has 0 radical (unpaired) electrons. The Hall–Kier alpha value is -2.07. The van der Waals surface area contributed by atoms with Crippen LogP contribution in [0.15, 0.2) is 73.3 Å². The molecule has 0 N–H and O–H groups in total. The molecule has 0 aliphatic rings. The zero-order valence-corrected chi connectivity index (χ0v) is 12.7. The van der Waals surface area contributed by atoms with Gasteiger partial charge in [0.25, 0.3) is 0 Å². The van der Waals surface area contributed by atoms with Crippen molar-refractivity contribution in [2.24, 2.45) is 0 Å². The lowest BCUT2D eigenvalue weighted by Crippen LogP contribution is -2.33. The Balaban J connectivity index is 2.16. The van der Waals surface area contributed by atoms with Gasteiger partial charge in [0.05, 0.1) is 18.0 Å². The fourth-order valence-electron chi connectivity index (χ4n) is 2.09. The summed E-state index contributed by atoms with van der Waals surface area (Å²) in [7, 11) is -3.37. The number of rotatable bonds is 7. The maximum absolute atomic E-state index is 12.6. The van der Waals surface area contributed by atoms with Gasteiger partial charge in [0.15, 0.2) is 0 Å². The summed E-state index contributed by atoms with van der Waals surface area (Å²) >= 11 is 0. The van der Waals surface area contributed by atoms with Crippen LogP contribution in [0.4, 0.5) is 5.69 Å². The quantitative estimate of drug-likeness (QED) is 0.736. The molecule has 0 aromatic heterocycles. The van der Waals surface area contributed by atoms with Crippen molar-refractivity contribution in [3.63, 3.8) is 0 Å². The second kappa shape index (κ2) is 7.09. The largest absolute Gasteiger partial charge is 0.266 e. The lowest BCUT2D eigenvalue weighted by molar-refractivity contribution is 0.592. The van der Waals surface area contributed by atoms with E-state index in [2.05, 4.69) is 6.58 Å². The fourth-order valence-corrected chi connectivity index (χ4v) is 3.58. The van der Waals surface area contributed by atoms with Gasteiger partial charge in [-0.25, -0.2) is 8.42 Å². The van der Waals surface area contributed by atoms with Crippen LogP contribution in [0.25, 0.3) is 0 Å². The summed E-state index contributed by atoms with van der Waals surface area (Å²) in [6, 6.07) is 18.8. The van der Waals surface area contributed by atoms with E-state index in [1.807, 2.05) is 48.5 Å². The van der Waals surface area contributed by atoms with Crippen molar-refractivity contribution in [3.8, 4) is 0 Å². The number of hydrogen-bond acceptors (Lipinski definition) is 2. The highest BCUT2D eigenvalue weighted by molar-refractivity contribution is 7.92. The highest BCUT2D eigenvalue weighted by atomic mass is 32.2. The molecule has 21 heavy (non-hydrogen) atoms. The van der Waals surface area contributed by atoms with Crippen LogP contribution in [0.1, 0.15) is 5.56 Å². The maximum atomic E-state index is 12.6. The first kappa shape index (κ1) is 15.3. The molecule has 0 bridgehead atoms. The third-order valence-corrected chi connectivity index (χ3v) is 4.92. The topological polar surface area (TPSA) is 37.4 Å². The number of para-hydroxylation sites is 1. The number of sulfonamides is 1. The van der Waals surface area contributed by atoms with E-state index in [9.17, 15) is 8.42 Å². The number of anilines is 1. The van der Waals surface area contributed by atoms with Crippen molar-refractivity contribution in [2.45, 2.75) is 6.42 Å². The monoisotopic (exact) mass is 301 g/mol. The lowest BCUT2D eigenvalue weighted by atomic mass is 10.2. The van der Waals surface area contributed by atoms with Crippen molar-refractivity contribution < 1.29 is 8.42 Å². The third-order valence-electron chi connectivity index (χ3n) is 3.17. The van der Waals surface area contributed by atoms with Crippen LogP contribution in [0.2, 0.25) is 0 Å². The van der Waals surface area contributed by atoms with E-state index in [0.717, 1.165) is 5.56 Å². The normalized spacial score (nSPS) is 11.0. The van der Waals surface area contributed by atoms with Crippen LogP contribution in [0, 0.1) is 0 Å². The number of nitrogens with zero attached hydrogens (tertiary/aromatic N) is 1. The van der Waals surface area contributed by atoms with Crippen molar-refractivity contribution in [3.05, 3.63) is 78.9 Å². The Bertz CT molecular complexity index is 666. The number of aryl methyl sites for hydroxylation is 1. The Morgan fingerprint density at radius 3 is 2.10 bits per heavy atom. The SMILES string of the molecule is C=CCN(c1ccccc1)S(=O)(=O)CCc1ccccc1. The van der Waals surface area contributed by atoms with E-state index in [4.69, 9.17) is 0 Å². The molecule has 0 saturated heterocycles. The van der Waals surface area contributed by atoms with E-state index in [-0.39, 0.29) is 12.3 Å². The predicted molar refractivity (Wildman–Crippen MR) is 87.9 cm³/mol. The summed E-state index contributed by atoms with van der Waals surface area (Å²) in [4.78, 5) is 0. The molecule has 0 aliphatic heterocycles. The van der Waals surface area contributed by atoms with Gasteiger partial charge >= 0.3 is 0 Å². The van der Waals surface area contributed by atoms with E-state index < -0.39 is 10.0 Å². The molecule has 4 heteroatoms. The minimum absolute atomic E-state index is 0.0831. The summed E-state index contributed by atoms with van der Waals surface area (Å²) in [5.41, 5.74) is 1.69. The summed E-state index contributed by atoms with van der Waals surface area (Å²) in [6.45, 7) is 3.93. The smallest absolute Gasteiger partial charge is 0.235 e.